The lowest BCUT2D eigenvalue weighted by Gasteiger charge is -2.10. The second-order valence-corrected chi connectivity index (χ2v) is 5.05. The number of rotatable bonds is 5. The fourth-order valence-electron chi connectivity index (χ4n) is 2.25. The van der Waals surface area contributed by atoms with Gasteiger partial charge in [-0.25, -0.2) is 0 Å². The first-order chi connectivity index (χ1) is 10.0. The molecule has 0 aliphatic rings. The molecule has 0 saturated heterocycles. The SMILES string of the molecule is CCNc1ccc(C(=O)NCc2c(C)noc2C)c(C)c1. The Morgan fingerprint density at radius 3 is 2.62 bits per heavy atom. The zero-order valence-electron chi connectivity index (χ0n) is 12.9. The van der Waals surface area contributed by atoms with Gasteiger partial charge in [0, 0.05) is 29.9 Å². The van der Waals surface area contributed by atoms with Crippen LogP contribution in [0, 0.1) is 20.8 Å². The highest BCUT2D eigenvalue weighted by Gasteiger charge is 2.13. The molecule has 0 aliphatic carbocycles. The minimum Gasteiger partial charge on any atom is -0.385 e. The molecule has 0 atom stereocenters. The smallest absolute Gasteiger partial charge is 0.251 e. The van der Waals surface area contributed by atoms with Crippen LogP contribution in [0.2, 0.25) is 0 Å². The van der Waals surface area contributed by atoms with Crippen molar-refractivity contribution in [1.82, 2.24) is 10.5 Å². The molecule has 1 heterocycles. The Balaban J connectivity index is 2.07. The summed E-state index contributed by atoms with van der Waals surface area (Å²) in [5, 5.41) is 10.0. The number of nitrogens with zero attached hydrogens (tertiary/aromatic N) is 1. The number of nitrogens with one attached hydrogen (secondary N) is 2. The van der Waals surface area contributed by atoms with E-state index in [-0.39, 0.29) is 5.91 Å². The Morgan fingerprint density at radius 2 is 2.05 bits per heavy atom. The Morgan fingerprint density at radius 1 is 1.29 bits per heavy atom. The average Bonchev–Trinajstić information content (AvgIpc) is 2.76. The lowest BCUT2D eigenvalue weighted by molar-refractivity contribution is 0.0950. The number of carbonyl (C=O) groups excluding carboxylic acids is 1. The number of hydrogen-bond acceptors (Lipinski definition) is 4. The lowest BCUT2D eigenvalue weighted by atomic mass is 10.1. The van der Waals surface area contributed by atoms with Crippen LogP contribution in [0.15, 0.2) is 22.7 Å². The molecule has 21 heavy (non-hydrogen) atoms. The zero-order valence-corrected chi connectivity index (χ0v) is 12.9. The first-order valence-corrected chi connectivity index (χ1v) is 7.07. The van der Waals surface area contributed by atoms with E-state index in [0.29, 0.717) is 12.1 Å². The first-order valence-electron chi connectivity index (χ1n) is 7.07. The van der Waals surface area contributed by atoms with Crippen LogP contribution in [0.1, 0.15) is 39.9 Å². The molecule has 1 amide bonds. The molecule has 0 fully saturated rings. The van der Waals surface area contributed by atoms with Gasteiger partial charge in [0.2, 0.25) is 0 Å². The maximum absolute atomic E-state index is 12.3. The van der Waals surface area contributed by atoms with E-state index in [9.17, 15) is 4.79 Å². The summed E-state index contributed by atoms with van der Waals surface area (Å²) in [6, 6.07) is 5.74. The lowest BCUT2D eigenvalue weighted by Crippen LogP contribution is -2.24. The summed E-state index contributed by atoms with van der Waals surface area (Å²) in [5.41, 5.74) is 4.41. The molecule has 2 N–H and O–H groups in total. The van der Waals surface area contributed by atoms with Crippen molar-refractivity contribution in [2.45, 2.75) is 34.2 Å². The summed E-state index contributed by atoms with van der Waals surface area (Å²) < 4.78 is 5.09. The van der Waals surface area contributed by atoms with Gasteiger partial charge in [0.05, 0.1) is 5.69 Å². The first kappa shape index (κ1) is 15.1. The van der Waals surface area contributed by atoms with Crippen LogP contribution < -0.4 is 10.6 Å². The molecule has 0 saturated carbocycles. The molecule has 0 unspecified atom stereocenters. The van der Waals surface area contributed by atoms with Gasteiger partial charge >= 0.3 is 0 Å². The number of aryl methyl sites for hydroxylation is 3. The number of anilines is 1. The van der Waals surface area contributed by atoms with E-state index in [1.165, 1.54) is 0 Å². The van der Waals surface area contributed by atoms with Crippen LogP contribution in [0.3, 0.4) is 0 Å². The van der Waals surface area contributed by atoms with Gasteiger partial charge in [-0.15, -0.1) is 0 Å². The van der Waals surface area contributed by atoms with Crippen molar-refractivity contribution >= 4 is 11.6 Å². The summed E-state index contributed by atoms with van der Waals surface area (Å²) in [5.74, 6) is 0.655. The highest BCUT2D eigenvalue weighted by atomic mass is 16.5. The van der Waals surface area contributed by atoms with Crippen molar-refractivity contribution < 1.29 is 9.32 Å². The fourth-order valence-corrected chi connectivity index (χ4v) is 2.25. The van der Waals surface area contributed by atoms with Crippen LogP contribution in [-0.2, 0) is 6.54 Å². The molecule has 5 nitrogen and oxygen atoms in total. The minimum atomic E-state index is -0.0875. The van der Waals surface area contributed by atoms with Crippen molar-refractivity contribution in [2.75, 3.05) is 11.9 Å². The highest BCUT2D eigenvalue weighted by molar-refractivity contribution is 5.96. The molecule has 0 aliphatic heterocycles. The number of aromatic nitrogens is 1. The van der Waals surface area contributed by atoms with E-state index in [2.05, 4.69) is 15.8 Å². The van der Waals surface area contributed by atoms with Gasteiger partial charge in [0.25, 0.3) is 5.91 Å². The minimum absolute atomic E-state index is 0.0875. The third-order valence-electron chi connectivity index (χ3n) is 3.46. The van der Waals surface area contributed by atoms with E-state index in [4.69, 9.17) is 4.52 Å². The molecule has 5 heteroatoms. The predicted molar refractivity (Wildman–Crippen MR) is 82.5 cm³/mol. The Hall–Kier alpha value is -2.30. The second-order valence-electron chi connectivity index (χ2n) is 5.05. The number of benzene rings is 1. The Kier molecular flexibility index (Phi) is 4.62. The molecule has 2 rings (SSSR count). The Labute approximate surface area is 124 Å². The van der Waals surface area contributed by atoms with Gasteiger partial charge in [-0.2, -0.15) is 0 Å². The molecule has 0 spiro atoms. The molecule has 112 valence electrons. The van der Waals surface area contributed by atoms with Crippen molar-refractivity contribution in [1.29, 1.82) is 0 Å². The Bertz CT molecular complexity index is 627. The van der Waals surface area contributed by atoms with Crippen LogP contribution in [-0.4, -0.2) is 17.6 Å². The summed E-state index contributed by atoms with van der Waals surface area (Å²) in [6.07, 6.45) is 0. The number of amides is 1. The largest absolute Gasteiger partial charge is 0.385 e. The molecule has 0 radical (unpaired) electrons. The van der Waals surface area contributed by atoms with Crippen molar-refractivity contribution in [3.63, 3.8) is 0 Å². The van der Waals surface area contributed by atoms with E-state index in [1.807, 2.05) is 45.9 Å². The fraction of sp³-hybridized carbons (Fsp3) is 0.375. The summed E-state index contributed by atoms with van der Waals surface area (Å²) in [6.45, 7) is 8.98. The normalized spacial score (nSPS) is 10.5. The molecule has 1 aromatic carbocycles. The zero-order chi connectivity index (χ0) is 15.4. The van der Waals surface area contributed by atoms with Crippen LogP contribution in [0.25, 0.3) is 0 Å². The van der Waals surface area contributed by atoms with E-state index >= 15 is 0 Å². The standard InChI is InChI=1S/C16H21N3O2/c1-5-17-13-6-7-14(10(2)8-13)16(20)18-9-15-11(3)19-21-12(15)4/h6-8,17H,5,9H2,1-4H3,(H,18,20). The summed E-state index contributed by atoms with van der Waals surface area (Å²) >= 11 is 0. The third-order valence-corrected chi connectivity index (χ3v) is 3.46. The van der Waals surface area contributed by atoms with Gasteiger partial charge in [-0.3, -0.25) is 4.79 Å². The van der Waals surface area contributed by atoms with Gasteiger partial charge in [0.1, 0.15) is 5.76 Å². The van der Waals surface area contributed by atoms with Crippen LogP contribution in [0.4, 0.5) is 5.69 Å². The van der Waals surface area contributed by atoms with Gasteiger partial charge in [-0.1, -0.05) is 5.16 Å². The van der Waals surface area contributed by atoms with E-state index in [0.717, 1.165) is 34.8 Å². The average molecular weight is 287 g/mol. The van der Waals surface area contributed by atoms with E-state index < -0.39 is 0 Å². The molecule has 0 bridgehead atoms. The molecule has 2 aromatic rings. The summed E-state index contributed by atoms with van der Waals surface area (Å²) in [4.78, 5) is 12.3. The molecule has 1 aromatic heterocycles. The maximum atomic E-state index is 12.3. The summed E-state index contributed by atoms with van der Waals surface area (Å²) in [7, 11) is 0. The topological polar surface area (TPSA) is 67.2 Å². The van der Waals surface area contributed by atoms with Crippen molar-refractivity contribution in [3.05, 3.63) is 46.3 Å². The maximum Gasteiger partial charge on any atom is 0.251 e. The quantitative estimate of drug-likeness (QED) is 0.887. The number of carbonyl (C=O) groups is 1. The molecular weight excluding hydrogens is 266 g/mol. The molecular formula is C16H21N3O2. The van der Waals surface area contributed by atoms with Crippen LogP contribution >= 0.6 is 0 Å². The van der Waals surface area contributed by atoms with Gasteiger partial charge in [-0.05, 0) is 51.5 Å². The predicted octanol–water partition coefficient (Wildman–Crippen LogP) is 2.96. The number of hydrogen-bond donors (Lipinski definition) is 2. The van der Waals surface area contributed by atoms with Crippen LogP contribution in [0.5, 0.6) is 0 Å². The van der Waals surface area contributed by atoms with Gasteiger partial charge in [0.15, 0.2) is 0 Å². The van der Waals surface area contributed by atoms with Crippen molar-refractivity contribution in [2.24, 2.45) is 0 Å². The van der Waals surface area contributed by atoms with E-state index in [1.54, 1.807) is 0 Å². The monoisotopic (exact) mass is 287 g/mol. The van der Waals surface area contributed by atoms with Crippen molar-refractivity contribution in [3.8, 4) is 0 Å². The highest BCUT2D eigenvalue weighted by Crippen LogP contribution is 2.16. The van der Waals surface area contributed by atoms with Gasteiger partial charge < -0.3 is 15.2 Å². The second kappa shape index (κ2) is 6.43. The third kappa shape index (κ3) is 3.42.